The second-order valence-electron chi connectivity index (χ2n) is 3.34. The number of hydrogen-bond donors (Lipinski definition) is 2. The van der Waals surface area contributed by atoms with Gasteiger partial charge in [0.1, 0.15) is 0 Å². The lowest BCUT2D eigenvalue weighted by molar-refractivity contribution is 0.285. The highest BCUT2D eigenvalue weighted by atomic mass is 16.3. The van der Waals surface area contributed by atoms with Gasteiger partial charge < -0.3 is 10.4 Å². The van der Waals surface area contributed by atoms with Crippen molar-refractivity contribution in [3.8, 4) is 0 Å². The number of nitrogens with one attached hydrogen (secondary N) is 1. The van der Waals surface area contributed by atoms with Crippen LogP contribution < -0.4 is 5.32 Å². The van der Waals surface area contributed by atoms with Crippen LogP contribution in [0.2, 0.25) is 0 Å². The van der Waals surface area contributed by atoms with Gasteiger partial charge in [0.05, 0.1) is 6.61 Å². The number of aliphatic hydroxyl groups is 1. The van der Waals surface area contributed by atoms with E-state index in [2.05, 4.69) is 19.2 Å². The summed E-state index contributed by atoms with van der Waals surface area (Å²) in [4.78, 5) is 0. The Hall–Kier alpha value is -0.0800. The van der Waals surface area contributed by atoms with E-state index in [4.69, 9.17) is 5.11 Å². The maximum Gasteiger partial charge on any atom is 0.0555 e. The Bertz CT molecular complexity index is 85.9. The van der Waals surface area contributed by atoms with Crippen molar-refractivity contribution in [2.24, 2.45) is 5.92 Å². The zero-order chi connectivity index (χ0) is 9.23. The molecule has 0 aromatic rings. The molecule has 0 spiro atoms. The summed E-state index contributed by atoms with van der Waals surface area (Å²) in [7, 11) is 0. The quantitative estimate of drug-likeness (QED) is 0.548. The molecule has 0 aromatic heterocycles. The zero-order valence-corrected chi connectivity index (χ0v) is 8.47. The standard InChI is InChI=1S/C10H23NO/c1-3-5-6-10(4-2)9-11-7-8-12/h10-12H,3-9H2,1-2H3/t10-/m0/s1. The largest absolute Gasteiger partial charge is 0.395 e. The van der Waals surface area contributed by atoms with Crippen LogP contribution in [-0.2, 0) is 0 Å². The van der Waals surface area contributed by atoms with Crippen LogP contribution in [0.3, 0.4) is 0 Å². The third kappa shape index (κ3) is 6.62. The first-order valence-corrected chi connectivity index (χ1v) is 5.16. The van der Waals surface area contributed by atoms with E-state index in [1.165, 1.54) is 25.7 Å². The van der Waals surface area contributed by atoms with Crippen LogP contribution in [-0.4, -0.2) is 24.8 Å². The molecule has 0 fully saturated rings. The van der Waals surface area contributed by atoms with Gasteiger partial charge in [-0.15, -0.1) is 0 Å². The highest BCUT2D eigenvalue weighted by Crippen LogP contribution is 2.10. The van der Waals surface area contributed by atoms with Gasteiger partial charge in [-0.25, -0.2) is 0 Å². The van der Waals surface area contributed by atoms with E-state index >= 15 is 0 Å². The summed E-state index contributed by atoms with van der Waals surface area (Å²) in [5, 5.41) is 11.8. The Morgan fingerprint density at radius 1 is 1.33 bits per heavy atom. The highest BCUT2D eigenvalue weighted by Gasteiger charge is 2.03. The van der Waals surface area contributed by atoms with Crippen molar-refractivity contribution < 1.29 is 5.11 Å². The SMILES string of the molecule is CCCC[C@H](CC)CNCCO. The molecule has 0 aliphatic rings. The van der Waals surface area contributed by atoms with Crippen LogP contribution in [0, 0.1) is 5.92 Å². The molecule has 0 unspecified atom stereocenters. The van der Waals surface area contributed by atoms with Crippen LogP contribution in [0.1, 0.15) is 39.5 Å². The Balaban J connectivity index is 3.26. The van der Waals surface area contributed by atoms with Crippen molar-refractivity contribution in [3.05, 3.63) is 0 Å². The minimum atomic E-state index is 0.254. The Morgan fingerprint density at radius 2 is 2.08 bits per heavy atom. The van der Waals surface area contributed by atoms with Crippen molar-refractivity contribution in [2.75, 3.05) is 19.7 Å². The molecule has 0 bridgehead atoms. The van der Waals surface area contributed by atoms with Crippen LogP contribution in [0.4, 0.5) is 0 Å². The number of aliphatic hydroxyl groups excluding tert-OH is 1. The lowest BCUT2D eigenvalue weighted by atomic mass is 9.99. The first kappa shape index (κ1) is 11.9. The van der Waals surface area contributed by atoms with Gasteiger partial charge in [-0.05, 0) is 18.9 Å². The summed E-state index contributed by atoms with van der Waals surface area (Å²) in [6, 6.07) is 0. The van der Waals surface area contributed by atoms with E-state index in [1.54, 1.807) is 0 Å². The molecule has 0 saturated carbocycles. The maximum absolute atomic E-state index is 8.57. The fourth-order valence-corrected chi connectivity index (χ4v) is 1.33. The van der Waals surface area contributed by atoms with Crippen LogP contribution in [0.25, 0.3) is 0 Å². The third-order valence-corrected chi connectivity index (χ3v) is 2.26. The van der Waals surface area contributed by atoms with Crippen molar-refractivity contribution in [1.82, 2.24) is 5.32 Å². The van der Waals surface area contributed by atoms with E-state index in [0.29, 0.717) is 0 Å². The third-order valence-electron chi connectivity index (χ3n) is 2.26. The van der Waals surface area contributed by atoms with E-state index in [-0.39, 0.29) is 6.61 Å². The number of rotatable bonds is 8. The summed E-state index contributed by atoms with van der Waals surface area (Å²) in [5.41, 5.74) is 0. The molecule has 0 aliphatic carbocycles. The Morgan fingerprint density at radius 3 is 2.58 bits per heavy atom. The first-order chi connectivity index (χ1) is 5.85. The molecule has 0 radical (unpaired) electrons. The summed E-state index contributed by atoms with van der Waals surface area (Å²) < 4.78 is 0. The van der Waals surface area contributed by atoms with Gasteiger partial charge in [-0.1, -0.05) is 33.1 Å². The van der Waals surface area contributed by atoms with E-state index in [0.717, 1.165) is 19.0 Å². The van der Waals surface area contributed by atoms with Crippen LogP contribution in [0.5, 0.6) is 0 Å². The molecule has 0 rings (SSSR count). The lowest BCUT2D eigenvalue weighted by Crippen LogP contribution is -2.25. The summed E-state index contributed by atoms with van der Waals surface area (Å²) in [6.45, 7) is 6.53. The van der Waals surface area contributed by atoms with Gasteiger partial charge >= 0.3 is 0 Å². The topological polar surface area (TPSA) is 32.3 Å². The molecule has 2 nitrogen and oxygen atoms in total. The molecule has 74 valence electrons. The van der Waals surface area contributed by atoms with Crippen molar-refractivity contribution in [2.45, 2.75) is 39.5 Å². The second kappa shape index (κ2) is 9.01. The molecule has 0 amide bonds. The fraction of sp³-hybridized carbons (Fsp3) is 1.00. The summed E-state index contributed by atoms with van der Waals surface area (Å²) in [6.07, 6.45) is 5.19. The van der Waals surface area contributed by atoms with Crippen molar-refractivity contribution >= 4 is 0 Å². The van der Waals surface area contributed by atoms with Gasteiger partial charge in [-0.2, -0.15) is 0 Å². The zero-order valence-electron chi connectivity index (χ0n) is 8.47. The Labute approximate surface area is 76.4 Å². The van der Waals surface area contributed by atoms with Gasteiger partial charge in [0.2, 0.25) is 0 Å². The average Bonchev–Trinajstić information content (AvgIpc) is 2.11. The molecule has 0 aromatic carbocycles. The van der Waals surface area contributed by atoms with Crippen molar-refractivity contribution in [1.29, 1.82) is 0 Å². The molecule has 0 aliphatic heterocycles. The molecule has 2 N–H and O–H groups in total. The lowest BCUT2D eigenvalue weighted by Gasteiger charge is -2.14. The smallest absolute Gasteiger partial charge is 0.0555 e. The van der Waals surface area contributed by atoms with Gasteiger partial charge in [0, 0.05) is 6.54 Å². The van der Waals surface area contributed by atoms with Gasteiger partial charge in [0.15, 0.2) is 0 Å². The van der Waals surface area contributed by atoms with Crippen molar-refractivity contribution in [3.63, 3.8) is 0 Å². The van der Waals surface area contributed by atoms with Gasteiger partial charge in [0.25, 0.3) is 0 Å². The minimum absolute atomic E-state index is 0.254. The monoisotopic (exact) mass is 173 g/mol. The summed E-state index contributed by atoms with van der Waals surface area (Å²) in [5.74, 6) is 0.802. The van der Waals surface area contributed by atoms with E-state index in [1.807, 2.05) is 0 Å². The molecule has 1 atom stereocenters. The van der Waals surface area contributed by atoms with Crippen LogP contribution in [0.15, 0.2) is 0 Å². The molecule has 12 heavy (non-hydrogen) atoms. The minimum Gasteiger partial charge on any atom is -0.395 e. The molecular formula is C10H23NO. The highest BCUT2D eigenvalue weighted by molar-refractivity contribution is 4.60. The Kier molecular flexibility index (Phi) is 8.95. The molecule has 0 saturated heterocycles. The average molecular weight is 173 g/mol. The number of unbranched alkanes of at least 4 members (excludes halogenated alkanes) is 1. The molecule has 2 heteroatoms. The van der Waals surface area contributed by atoms with Gasteiger partial charge in [-0.3, -0.25) is 0 Å². The fourth-order valence-electron chi connectivity index (χ4n) is 1.33. The van der Waals surface area contributed by atoms with E-state index in [9.17, 15) is 0 Å². The summed E-state index contributed by atoms with van der Waals surface area (Å²) >= 11 is 0. The van der Waals surface area contributed by atoms with E-state index < -0.39 is 0 Å². The van der Waals surface area contributed by atoms with Crippen LogP contribution >= 0.6 is 0 Å². The molecule has 0 heterocycles. The normalized spacial score (nSPS) is 13.2. The predicted octanol–water partition coefficient (Wildman–Crippen LogP) is 1.78. The predicted molar refractivity (Wildman–Crippen MR) is 53.3 cm³/mol. The second-order valence-corrected chi connectivity index (χ2v) is 3.34. The molecular weight excluding hydrogens is 150 g/mol. The first-order valence-electron chi connectivity index (χ1n) is 5.16. The number of hydrogen-bond acceptors (Lipinski definition) is 2. The maximum atomic E-state index is 8.57.